The minimum atomic E-state index is -3.92. The molecule has 0 amide bonds. The van der Waals surface area contributed by atoms with Gasteiger partial charge in [-0.2, -0.15) is 12.8 Å². The second-order valence-electron chi connectivity index (χ2n) is 7.13. The van der Waals surface area contributed by atoms with Gasteiger partial charge in [0.25, 0.3) is 10.0 Å². The van der Waals surface area contributed by atoms with Crippen LogP contribution in [0.5, 0.6) is 5.75 Å². The standard InChI is InChI=1S/C22H25NO5S/c1-27-22(24)19(14-17-6-3-2-4-7-17)15-23-29(25,26)21-12-10-20(11-13-21)28-16-18-8-5-9-18/h2-4,6-7,10-13,15,18-19H,5,8-9,14,16H2,1H3/b23-15-. The van der Waals surface area contributed by atoms with Gasteiger partial charge in [0.1, 0.15) is 5.75 Å². The summed E-state index contributed by atoms with van der Waals surface area (Å²) in [6.45, 7) is 0.657. The third kappa shape index (κ3) is 5.90. The molecule has 0 N–H and O–H groups in total. The van der Waals surface area contributed by atoms with E-state index in [1.165, 1.54) is 38.5 Å². The van der Waals surface area contributed by atoms with Crippen molar-refractivity contribution in [2.75, 3.05) is 13.7 Å². The van der Waals surface area contributed by atoms with Crippen LogP contribution in [0.1, 0.15) is 24.8 Å². The molecule has 7 heteroatoms. The van der Waals surface area contributed by atoms with Gasteiger partial charge in [0.05, 0.1) is 24.5 Å². The highest BCUT2D eigenvalue weighted by Crippen LogP contribution is 2.27. The summed E-state index contributed by atoms with van der Waals surface area (Å²) in [5, 5.41) is 0. The monoisotopic (exact) mass is 415 g/mol. The fourth-order valence-electron chi connectivity index (χ4n) is 3.01. The summed E-state index contributed by atoms with van der Waals surface area (Å²) < 4.78 is 39.3. The van der Waals surface area contributed by atoms with Crippen molar-refractivity contribution in [2.24, 2.45) is 16.2 Å². The molecular weight excluding hydrogens is 390 g/mol. The summed E-state index contributed by atoms with van der Waals surface area (Å²) in [6.07, 6.45) is 5.08. The van der Waals surface area contributed by atoms with E-state index in [1.54, 1.807) is 12.1 Å². The minimum Gasteiger partial charge on any atom is -0.493 e. The lowest BCUT2D eigenvalue weighted by Gasteiger charge is -2.25. The molecule has 1 aliphatic rings. The van der Waals surface area contributed by atoms with Crippen molar-refractivity contribution in [1.82, 2.24) is 0 Å². The van der Waals surface area contributed by atoms with Crippen molar-refractivity contribution < 1.29 is 22.7 Å². The predicted molar refractivity (Wildman–Crippen MR) is 111 cm³/mol. The van der Waals surface area contributed by atoms with E-state index in [0.29, 0.717) is 24.7 Å². The van der Waals surface area contributed by atoms with Gasteiger partial charge in [-0.1, -0.05) is 36.8 Å². The van der Waals surface area contributed by atoms with E-state index >= 15 is 0 Å². The maximum absolute atomic E-state index is 12.5. The molecule has 0 radical (unpaired) electrons. The Morgan fingerprint density at radius 3 is 2.41 bits per heavy atom. The van der Waals surface area contributed by atoms with Gasteiger partial charge < -0.3 is 9.47 Å². The van der Waals surface area contributed by atoms with Gasteiger partial charge in [0.15, 0.2) is 0 Å². The topological polar surface area (TPSA) is 82.0 Å². The number of carbonyl (C=O) groups excluding carboxylic acids is 1. The fraction of sp³-hybridized carbons (Fsp3) is 0.364. The Hall–Kier alpha value is -2.67. The molecule has 0 spiro atoms. The Labute approximate surface area is 171 Å². The largest absolute Gasteiger partial charge is 0.493 e. The second-order valence-corrected chi connectivity index (χ2v) is 8.76. The molecule has 6 nitrogen and oxygen atoms in total. The van der Waals surface area contributed by atoms with Crippen LogP contribution in [0.15, 0.2) is 63.9 Å². The normalized spacial score (nSPS) is 15.6. The number of sulfonamides is 1. The van der Waals surface area contributed by atoms with Crippen LogP contribution in [0, 0.1) is 11.8 Å². The predicted octanol–water partition coefficient (Wildman–Crippen LogP) is 3.66. The summed E-state index contributed by atoms with van der Waals surface area (Å²) in [5.41, 5.74) is 0.889. The smallest absolute Gasteiger partial charge is 0.314 e. The number of ether oxygens (including phenoxy) is 2. The third-order valence-electron chi connectivity index (χ3n) is 5.01. The summed E-state index contributed by atoms with van der Waals surface area (Å²) in [6, 6.07) is 15.5. The zero-order valence-corrected chi connectivity index (χ0v) is 17.2. The second kappa shape index (κ2) is 9.69. The Balaban J connectivity index is 1.67. The maximum atomic E-state index is 12.5. The van der Waals surface area contributed by atoms with Crippen LogP contribution in [-0.4, -0.2) is 34.3 Å². The van der Waals surface area contributed by atoms with E-state index < -0.39 is 21.9 Å². The molecule has 2 aromatic carbocycles. The highest BCUT2D eigenvalue weighted by Gasteiger charge is 2.21. The molecule has 29 heavy (non-hydrogen) atoms. The molecule has 1 aliphatic carbocycles. The van der Waals surface area contributed by atoms with Gasteiger partial charge >= 0.3 is 5.97 Å². The first kappa shape index (κ1) is 21.0. The van der Waals surface area contributed by atoms with Crippen LogP contribution in [0.4, 0.5) is 0 Å². The number of hydrogen-bond acceptors (Lipinski definition) is 5. The van der Waals surface area contributed by atoms with Crippen molar-refractivity contribution in [1.29, 1.82) is 0 Å². The Bertz CT molecular complexity index is 935. The van der Waals surface area contributed by atoms with Gasteiger partial charge in [-0.15, -0.1) is 0 Å². The van der Waals surface area contributed by atoms with Gasteiger partial charge in [0, 0.05) is 6.21 Å². The van der Waals surface area contributed by atoms with Crippen molar-refractivity contribution in [3.8, 4) is 5.75 Å². The lowest BCUT2D eigenvalue weighted by Crippen LogP contribution is -2.20. The highest BCUT2D eigenvalue weighted by atomic mass is 32.2. The first-order chi connectivity index (χ1) is 14.0. The molecule has 3 rings (SSSR count). The van der Waals surface area contributed by atoms with Crippen molar-refractivity contribution >= 4 is 22.2 Å². The molecule has 1 saturated carbocycles. The van der Waals surface area contributed by atoms with Crippen LogP contribution in [-0.2, 0) is 26.0 Å². The number of rotatable bonds is 9. The number of benzene rings is 2. The molecule has 0 saturated heterocycles. The van der Waals surface area contributed by atoms with Gasteiger partial charge in [-0.05, 0) is 55.0 Å². The minimum absolute atomic E-state index is 0.0491. The Kier molecular flexibility index (Phi) is 7.04. The van der Waals surface area contributed by atoms with E-state index in [9.17, 15) is 13.2 Å². The molecule has 2 aromatic rings. The summed E-state index contributed by atoms with van der Waals surface area (Å²) >= 11 is 0. The van der Waals surface area contributed by atoms with Crippen molar-refractivity contribution in [3.63, 3.8) is 0 Å². The van der Waals surface area contributed by atoms with Gasteiger partial charge in [-0.3, -0.25) is 4.79 Å². The van der Waals surface area contributed by atoms with Crippen LogP contribution >= 0.6 is 0 Å². The van der Waals surface area contributed by atoms with Crippen LogP contribution < -0.4 is 4.74 Å². The third-order valence-corrected chi connectivity index (χ3v) is 6.28. The molecular formula is C22H25NO5S. The van der Waals surface area contributed by atoms with E-state index in [1.807, 2.05) is 30.3 Å². The van der Waals surface area contributed by atoms with Gasteiger partial charge in [0.2, 0.25) is 0 Å². The SMILES string of the molecule is COC(=O)C(/C=N\S(=O)(=O)c1ccc(OCC2CCC2)cc1)Cc1ccccc1. The molecule has 0 aliphatic heterocycles. The van der Waals surface area contributed by atoms with Gasteiger partial charge in [-0.25, -0.2) is 0 Å². The maximum Gasteiger partial charge on any atom is 0.314 e. The fourth-order valence-corrected chi connectivity index (χ4v) is 3.92. The lowest BCUT2D eigenvalue weighted by molar-refractivity contribution is -0.142. The van der Waals surface area contributed by atoms with E-state index in [0.717, 1.165) is 11.8 Å². The first-order valence-electron chi connectivity index (χ1n) is 9.63. The zero-order chi connectivity index (χ0) is 20.7. The average Bonchev–Trinajstić information content (AvgIpc) is 2.70. The zero-order valence-electron chi connectivity index (χ0n) is 16.4. The van der Waals surface area contributed by atoms with E-state index in [-0.39, 0.29) is 4.90 Å². The average molecular weight is 416 g/mol. The molecule has 0 bridgehead atoms. The molecule has 0 heterocycles. The molecule has 1 fully saturated rings. The summed E-state index contributed by atoms with van der Waals surface area (Å²) in [5.74, 6) is -0.0889. The van der Waals surface area contributed by atoms with Crippen LogP contribution in [0.25, 0.3) is 0 Å². The van der Waals surface area contributed by atoms with Crippen LogP contribution in [0.2, 0.25) is 0 Å². The number of hydrogen-bond donors (Lipinski definition) is 0. The van der Waals surface area contributed by atoms with E-state index in [2.05, 4.69) is 4.40 Å². The van der Waals surface area contributed by atoms with Crippen molar-refractivity contribution in [3.05, 3.63) is 60.2 Å². The molecule has 1 unspecified atom stereocenters. The number of methoxy groups -OCH3 is 1. The van der Waals surface area contributed by atoms with Crippen LogP contribution in [0.3, 0.4) is 0 Å². The quantitative estimate of drug-likeness (QED) is 0.461. The highest BCUT2D eigenvalue weighted by molar-refractivity contribution is 7.90. The first-order valence-corrected chi connectivity index (χ1v) is 11.1. The summed E-state index contributed by atoms with van der Waals surface area (Å²) in [4.78, 5) is 12.1. The molecule has 1 atom stereocenters. The Morgan fingerprint density at radius 2 is 1.83 bits per heavy atom. The number of carbonyl (C=O) groups is 1. The number of nitrogens with zero attached hydrogens (tertiary/aromatic N) is 1. The summed E-state index contributed by atoms with van der Waals surface area (Å²) in [7, 11) is -2.66. The Morgan fingerprint density at radius 1 is 1.14 bits per heavy atom. The van der Waals surface area contributed by atoms with Crippen molar-refractivity contribution in [2.45, 2.75) is 30.6 Å². The van der Waals surface area contributed by atoms with E-state index in [4.69, 9.17) is 9.47 Å². The number of esters is 1. The molecule has 0 aromatic heterocycles. The molecule has 154 valence electrons. The lowest BCUT2D eigenvalue weighted by atomic mass is 9.86.